The lowest BCUT2D eigenvalue weighted by atomic mass is 10.1. The van der Waals surface area contributed by atoms with Crippen LogP contribution < -0.4 is 5.32 Å². The number of hydrogen-bond donors (Lipinski definition) is 1. The van der Waals surface area contributed by atoms with E-state index in [1.807, 2.05) is 11.8 Å². The maximum atomic E-state index is 11.9. The lowest BCUT2D eigenvalue weighted by Crippen LogP contribution is -2.42. The summed E-state index contributed by atoms with van der Waals surface area (Å²) in [6.45, 7) is 11.5. The fraction of sp³-hybridized carbons (Fsp3) is 0.917. The second kappa shape index (κ2) is 4.97. The van der Waals surface area contributed by atoms with Gasteiger partial charge in [-0.1, -0.05) is 27.7 Å². The van der Waals surface area contributed by atoms with Gasteiger partial charge in [0.2, 0.25) is 5.91 Å². The topological polar surface area (TPSA) is 32.3 Å². The van der Waals surface area contributed by atoms with E-state index in [4.69, 9.17) is 0 Å². The van der Waals surface area contributed by atoms with Crippen molar-refractivity contribution in [1.82, 2.24) is 10.2 Å². The van der Waals surface area contributed by atoms with Gasteiger partial charge in [0.1, 0.15) is 0 Å². The highest BCUT2D eigenvalue weighted by Gasteiger charge is 2.37. The minimum Gasteiger partial charge on any atom is -0.326 e. The standard InChI is InChI=1S/C12H24N2O/c1-8(2)6-7-14-11(9(3)4)13-10(5)12(14)15/h8-11,13H,6-7H2,1-5H3. The SMILES string of the molecule is CC(C)CCN1C(=O)C(C)NC1C(C)C. The van der Waals surface area contributed by atoms with Gasteiger partial charge in [-0.15, -0.1) is 0 Å². The van der Waals surface area contributed by atoms with Crippen molar-refractivity contribution >= 4 is 5.91 Å². The first-order valence-electron chi connectivity index (χ1n) is 6.00. The van der Waals surface area contributed by atoms with Gasteiger partial charge >= 0.3 is 0 Å². The van der Waals surface area contributed by atoms with Crippen LogP contribution in [-0.4, -0.2) is 29.6 Å². The molecule has 0 bridgehead atoms. The highest BCUT2D eigenvalue weighted by Crippen LogP contribution is 2.18. The van der Waals surface area contributed by atoms with Gasteiger partial charge in [-0.2, -0.15) is 0 Å². The molecule has 0 aromatic heterocycles. The zero-order valence-electron chi connectivity index (χ0n) is 10.6. The molecule has 3 heteroatoms. The molecule has 1 saturated heterocycles. The summed E-state index contributed by atoms with van der Waals surface area (Å²) in [5.74, 6) is 1.39. The molecule has 88 valence electrons. The summed E-state index contributed by atoms with van der Waals surface area (Å²) >= 11 is 0. The molecule has 1 fully saturated rings. The van der Waals surface area contributed by atoms with E-state index in [0.717, 1.165) is 13.0 Å². The van der Waals surface area contributed by atoms with E-state index in [1.165, 1.54) is 0 Å². The van der Waals surface area contributed by atoms with Crippen molar-refractivity contribution in [3.8, 4) is 0 Å². The molecule has 1 aliphatic heterocycles. The second-order valence-electron chi connectivity index (χ2n) is 5.29. The molecule has 1 rings (SSSR count). The Morgan fingerprint density at radius 3 is 2.40 bits per heavy atom. The molecule has 0 radical (unpaired) electrons. The fourth-order valence-corrected chi connectivity index (χ4v) is 2.00. The maximum Gasteiger partial charge on any atom is 0.240 e. The number of amides is 1. The van der Waals surface area contributed by atoms with E-state index in [2.05, 4.69) is 33.0 Å². The zero-order chi connectivity index (χ0) is 11.6. The van der Waals surface area contributed by atoms with Crippen molar-refractivity contribution in [2.75, 3.05) is 6.54 Å². The van der Waals surface area contributed by atoms with Gasteiger partial charge in [-0.3, -0.25) is 10.1 Å². The molecule has 3 nitrogen and oxygen atoms in total. The monoisotopic (exact) mass is 212 g/mol. The largest absolute Gasteiger partial charge is 0.326 e. The molecule has 1 heterocycles. The quantitative estimate of drug-likeness (QED) is 0.771. The van der Waals surface area contributed by atoms with Gasteiger partial charge in [0.25, 0.3) is 0 Å². The molecular formula is C12H24N2O. The molecule has 0 aromatic carbocycles. The van der Waals surface area contributed by atoms with E-state index in [-0.39, 0.29) is 18.1 Å². The molecule has 2 atom stereocenters. The van der Waals surface area contributed by atoms with Crippen LogP contribution in [0.15, 0.2) is 0 Å². The predicted molar refractivity (Wildman–Crippen MR) is 62.4 cm³/mol. The van der Waals surface area contributed by atoms with Crippen molar-refractivity contribution in [2.45, 2.75) is 53.2 Å². The molecule has 1 amide bonds. The van der Waals surface area contributed by atoms with Crippen LogP contribution in [0.5, 0.6) is 0 Å². The molecule has 2 unspecified atom stereocenters. The molecule has 15 heavy (non-hydrogen) atoms. The smallest absolute Gasteiger partial charge is 0.240 e. The van der Waals surface area contributed by atoms with E-state index < -0.39 is 0 Å². The van der Waals surface area contributed by atoms with Gasteiger partial charge in [-0.05, 0) is 25.2 Å². The summed E-state index contributed by atoms with van der Waals surface area (Å²) in [4.78, 5) is 13.9. The van der Waals surface area contributed by atoms with Gasteiger partial charge in [0, 0.05) is 6.54 Å². The first-order valence-corrected chi connectivity index (χ1v) is 6.00. The first kappa shape index (κ1) is 12.5. The lowest BCUT2D eigenvalue weighted by Gasteiger charge is -2.27. The van der Waals surface area contributed by atoms with Crippen molar-refractivity contribution in [1.29, 1.82) is 0 Å². The van der Waals surface area contributed by atoms with Crippen molar-refractivity contribution in [3.63, 3.8) is 0 Å². The summed E-state index contributed by atoms with van der Waals surface area (Å²) in [5, 5.41) is 3.35. The number of carbonyl (C=O) groups is 1. The number of carbonyl (C=O) groups excluding carboxylic acids is 1. The normalized spacial score (nSPS) is 27.1. The minimum absolute atomic E-state index is 0.00966. The van der Waals surface area contributed by atoms with E-state index in [0.29, 0.717) is 11.8 Å². The molecule has 0 aliphatic carbocycles. The highest BCUT2D eigenvalue weighted by molar-refractivity contribution is 5.83. The number of rotatable bonds is 4. The first-order chi connectivity index (χ1) is 6.93. The van der Waals surface area contributed by atoms with Gasteiger partial charge in [-0.25, -0.2) is 0 Å². The Kier molecular flexibility index (Phi) is 4.14. The predicted octanol–water partition coefficient (Wildman–Crippen LogP) is 1.83. The summed E-state index contributed by atoms with van der Waals surface area (Å²) in [7, 11) is 0. The molecule has 1 aliphatic rings. The third-order valence-corrected chi connectivity index (χ3v) is 2.99. The minimum atomic E-state index is -0.00966. The van der Waals surface area contributed by atoms with E-state index in [9.17, 15) is 4.79 Å². The van der Waals surface area contributed by atoms with Gasteiger partial charge in [0.15, 0.2) is 0 Å². The lowest BCUT2D eigenvalue weighted by molar-refractivity contribution is -0.130. The van der Waals surface area contributed by atoms with Crippen LogP contribution in [0.2, 0.25) is 0 Å². The van der Waals surface area contributed by atoms with Crippen molar-refractivity contribution in [3.05, 3.63) is 0 Å². The highest BCUT2D eigenvalue weighted by atomic mass is 16.2. The maximum absolute atomic E-state index is 11.9. The average molecular weight is 212 g/mol. The summed E-state index contributed by atoms with van der Waals surface area (Å²) in [6, 6.07) is -0.00966. The number of nitrogens with one attached hydrogen (secondary N) is 1. The van der Waals surface area contributed by atoms with Crippen LogP contribution in [0, 0.1) is 11.8 Å². The third-order valence-electron chi connectivity index (χ3n) is 2.99. The number of hydrogen-bond acceptors (Lipinski definition) is 2. The average Bonchev–Trinajstić information content (AvgIpc) is 2.41. The van der Waals surface area contributed by atoms with Crippen LogP contribution in [0.25, 0.3) is 0 Å². The molecular weight excluding hydrogens is 188 g/mol. The van der Waals surface area contributed by atoms with E-state index in [1.54, 1.807) is 0 Å². The Labute approximate surface area is 93.2 Å². The Morgan fingerprint density at radius 1 is 1.33 bits per heavy atom. The van der Waals surface area contributed by atoms with Crippen LogP contribution in [0.1, 0.15) is 41.0 Å². The Morgan fingerprint density at radius 2 is 1.93 bits per heavy atom. The van der Waals surface area contributed by atoms with Crippen LogP contribution >= 0.6 is 0 Å². The van der Waals surface area contributed by atoms with E-state index >= 15 is 0 Å². The van der Waals surface area contributed by atoms with Gasteiger partial charge < -0.3 is 4.90 Å². The van der Waals surface area contributed by atoms with Crippen LogP contribution in [-0.2, 0) is 4.79 Å². The molecule has 0 aromatic rings. The summed E-state index contributed by atoms with van der Waals surface area (Å²) in [5.41, 5.74) is 0. The number of nitrogens with zero attached hydrogens (tertiary/aromatic N) is 1. The second-order valence-corrected chi connectivity index (χ2v) is 5.29. The van der Waals surface area contributed by atoms with Crippen LogP contribution in [0.4, 0.5) is 0 Å². The molecule has 0 spiro atoms. The fourth-order valence-electron chi connectivity index (χ4n) is 2.00. The Hall–Kier alpha value is -0.570. The van der Waals surface area contributed by atoms with Crippen LogP contribution in [0.3, 0.4) is 0 Å². The Balaban J connectivity index is 2.60. The third kappa shape index (κ3) is 2.94. The molecule has 1 N–H and O–H groups in total. The zero-order valence-corrected chi connectivity index (χ0v) is 10.6. The van der Waals surface area contributed by atoms with Crippen molar-refractivity contribution < 1.29 is 4.79 Å². The van der Waals surface area contributed by atoms with Gasteiger partial charge in [0.05, 0.1) is 12.2 Å². The summed E-state index contributed by atoms with van der Waals surface area (Å²) in [6.07, 6.45) is 1.31. The van der Waals surface area contributed by atoms with Crippen molar-refractivity contribution in [2.24, 2.45) is 11.8 Å². The Bertz CT molecular complexity index is 226. The molecule has 0 saturated carbocycles. The summed E-state index contributed by atoms with van der Waals surface area (Å²) < 4.78 is 0.